The number of nitrogens with one attached hydrogen (secondary N) is 1. The summed E-state index contributed by atoms with van der Waals surface area (Å²) in [7, 11) is 5.42. The summed E-state index contributed by atoms with van der Waals surface area (Å²) < 4.78 is 58.9. The number of carbonyl (C=O) groups excluding carboxylic acids is 1. The number of halogens is 2. The van der Waals surface area contributed by atoms with Crippen LogP contribution in [0.3, 0.4) is 0 Å². The third kappa shape index (κ3) is 7.12. The van der Waals surface area contributed by atoms with Gasteiger partial charge in [0.25, 0.3) is 5.91 Å². The van der Waals surface area contributed by atoms with Gasteiger partial charge < -0.3 is 33.9 Å². The minimum atomic E-state index is -1.33. The van der Waals surface area contributed by atoms with E-state index >= 15 is 0 Å². The van der Waals surface area contributed by atoms with Crippen molar-refractivity contribution in [3.05, 3.63) is 65.2 Å². The smallest absolute Gasteiger partial charge is 0.252 e. The number of hydrogen-bond donors (Lipinski definition) is 1. The lowest BCUT2D eigenvalue weighted by molar-refractivity contribution is -0.183. The number of hydrogen-bond acceptors (Lipinski definition) is 7. The molecule has 0 aromatic heterocycles. The summed E-state index contributed by atoms with van der Waals surface area (Å²) in [6.45, 7) is 4.44. The van der Waals surface area contributed by atoms with Crippen LogP contribution in [0.5, 0.6) is 5.75 Å². The summed E-state index contributed by atoms with van der Waals surface area (Å²) in [5.41, 5.74) is -0.693. The summed E-state index contributed by atoms with van der Waals surface area (Å²) in [5.74, 6) is -1.96. The number of rotatable bonds is 11. The molecular weight excluding hydrogens is 510 g/mol. The number of fused-ring (bicyclic) bond motifs is 1. The Balaban J connectivity index is 1.61. The summed E-state index contributed by atoms with van der Waals surface area (Å²) in [4.78, 5) is 15.7. The average Bonchev–Trinajstić information content (AvgIpc) is 3.20. The number of benzene rings is 2. The molecule has 8 nitrogen and oxygen atoms in total. The highest BCUT2D eigenvalue weighted by Gasteiger charge is 2.58. The van der Waals surface area contributed by atoms with Gasteiger partial charge in [0.15, 0.2) is 11.4 Å². The van der Waals surface area contributed by atoms with Crippen molar-refractivity contribution in [3.63, 3.8) is 0 Å². The molecular formula is C29H38F2N2O6. The predicted octanol–water partition coefficient (Wildman–Crippen LogP) is 3.81. The van der Waals surface area contributed by atoms with E-state index in [0.717, 1.165) is 5.56 Å². The van der Waals surface area contributed by atoms with Gasteiger partial charge in [-0.25, -0.2) is 8.78 Å². The van der Waals surface area contributed by atoms with Crippen LogP contribution in [0.2, 0.25) is 0 Å². The largest absolute Gasteiger partial charge is 0.497 e. The quantitative estimate of drug-likeness (QED) is 0.458. The van der Waals surface area contributed by atoms with E-state index in [0.29, 0.717) is 18.8 Å². The van der Waals surface area contributed by atoms with Crippen LogP contribution in [-0.2, 0) is 37.0 Å². The Bertz CT molecular complexity index is 1130. The Morgan fingerprint density at radius 3 is 2.49 bits per heavy atom. The first-order valence-electron chi connectivity index (χ1n) is 13.1. The highest BCUT2D eigenvalue weighted by Crippen LogP contribution is 2.44. The number of carbonyl (C=O) groups is 1. The molecule has 1 amide bonds. The molecule has 2 aliphatic rings. The molecule has 0 unspecified atom stereocenters. The molecule has 4 atom stereocenters. The molecule has 1 aliphatic carbocycles. The maximum absolute atomic E-state index is 14.4. The second-order valence-electron chi connectivity index (χ2n) is 10.8. The van der Waals surface area contributed by atoms with Gasteiger partial charge in [-0.05, 0) is 57.8 Å². The van der Waals surface area contributed by atoms with Gasteiger partial charge in [0.1, 0.15) is 23.5 Å². The van der Waals surface area contributed by atoms with Crippen molar-refractivity contribution in [1.82, 2.24) is 10.2 Å². The molecule has 1 saturated heterocycles. The second kappa shape index (κ2) is 12.3. The van der Waals surface area contributed by atoms with Crippen LogP contribution < -0.4 is 10.1 Å². The highest BCUT2D eigenvalue weighted by molar-refractivity contribution is 5.85. The van der Waals surface area contributed by atoms with Crippen molar-refractivity contribution < 1.29 is 37.3 Å². The molecule has 0 radical (unpaired) electrons. The zero-order valence-electron chi connectivity index (χ0n) is 23.2. The number of likely N-dealkylation sites (N-methyl/N-ethyl adjacent to an activating group) is 1. The van der Waals surface area contributed by atoms with Gasteiger partial charge in [0, 0.05) is 31.5 Å². The van der Waals surface area contributed by atoms with E-state index in [2.05, 4.69) is 5.32 Å². The molecule has 2 aromatic rings. The van der Waals surface area contributed by atoms with Crippen LogP contribution in [0, 0.1) is 11.6 Å². The summed E-state index contributed by atoms with van der Waals surface area (Å²) in [6.07, 6.45) is -1.46. The first kappa shape index (κ1) is 29.4. The number of ether oxygens (including phenoxy) is 5. The Labute approximate surface area is 228 Å². The molecule has 10 heteroatoms. The first-order valence-corrected chi connectivity index (χ1v) is 13.1. The first-order chi connectivity index (χ1) is 18.5. The minimum Gasteiger partial charge on any atom is -0.497 e. The van der Waals surface area contributed by atoms with Crippen molar-refractivity contribution in [2.75, 3.05) is 34.3 Å². The zero-order chi connectivity index (χ0) is 28.2. The normalized spacial score (nSPS) is 25.9. The molecule has 2 aromatic carbocycles. The topological polar surface area (TPSA) is 78.5 Å². The van der Waals surface area contributed by atoms with E-state index in [-0.39, 0.29) is 37.5 Å². The highest BCUT2D eigenvalue weighted by atomic mass is 19.1. The van der Waals surface area contributed by atoms with Crippen LogP contribution in [0.15, 0.2) is 42.5 Å². The van der Waals surface area contributed by atoms with Gasteiger partial charge >= 0.3 is 0 Å². The number of methoxy groups -OCH3 is 1. The van der Waals surface area contributed by atoms with Crippen molar-refractivity contribution >= 4 is 5.91 Å². The zero-order valence-corrected chi connectivity index (χ0v) is 23.2. The molecule has 0 spiro atoms. The fraction of sp³-hybridized carbons (Fsp3) is 0.552. The van der Waals surface area contributed by atoms with Crippen LogP contribution >= 0.6 is 0 Å². The second-order valence-corrected chi connectivity index (χ2v) is 10.8. The Kier molecular flexibility index (Phi) is 9.23. The molecule has 2 fully saturated rings. The molecule has 0 bridgehead atoms. The molecule has 39 heavy (non-hydrogen) atoms. The Hall–Kier alpha value is -2.63. The van der Waals surface area contributed by atoms with E-state index in [1.54, 1.807) is 21.0 Å². The monoisotopic (exact) mass is 548 g/mol. The van der Waals surface area contributed by atoms with Gasteiger partial charge in [-0.2, -0.15) is 0 Å². The van der Waals surface area contributed by atoms with Gasteiger partial charge in [-0.3, -0.25) is 4.79 Å². The predicted molar refractivity (Wildman–Crippen MR) is 140 cm³/mol. The maximum Gasteiger partial charge on any atom is 0.252 e. The molecule has 214 valence electrons. The third-order valence-corrected chi connectivity index (χ3v) is 7.06. The van der Waals surface area contributed by atoms with Crippen molar-refractivity contribution in [2.45, 2.75) is 69.6 Å². The van der Waals surface area contributed by atoms with Crippen LogP contribution in [-0.4, -0.2) is 74.8 Å². The molecule has 1 heterocycles. The van der Waals surface area contributed by atoms with E-state index in [9.17, 15) is 13.6 Å². The molecule has 1 N–H and O–H groups in total. The van der Waals surface area contributed by atoms with E-state index < -0.39 is 41.3 Å². The fourth-order valence-electron chi connectivity index (χ4n) is 5.11. The number of nitrogens with zero attached hydrogens (tertiary/aromatic N) is 1. The van der Waals surface area contributed by atoms with Crippen LogP contribution in [0.4, 0.5) is 8.78 Å². The van der Waals surface area contributed by atoms with Gasteiger partial charge in [0.05, 0.1) is 32.5 Å². The van der Waals surface area contributed by atoms with E-state index in [1.807, 2.05) is 43.3 Å². The number of amides is 1. The Morgan fingerprint density at radius 2 is 1.79 bits per heavy atom. The SMILES string of the molecule is COc1cccc(CO[C@]2(C(=O)NCCN(C)C)C[C@H](OCc3c(F)cccc3F)[C@@H]3OC(C)(C)O[C@@H]3C2)c1. The standard InChI is InChI=1S/C29H38F2N2O6/c1-28(2)38-25-16-29(27(34)32-12-13-33(3)4,37-17-19-8-6-9-20(14-19)35-5)15-24(26(25)39-28)36-18-21-22(30)10-7-11-23(21)31/h6-11,14,24-26H,12-13,15-18H2,1-5H3,(H,32,34)/t24-,25+,26-,29+/m0/s1. The van der Waals surface area contributed by atoms with Gasteiger partial charge in [-0.15, -0.1) is 0 Å². The van der Waals surface area contributed by atoms with Gasteiger partial charge in [-0.1, -0.05) is 18.2 Å². The fourth-order valence-corrected chi connectivity index (χ4v) is 5.11. The Morgan fingerprint density at radius 1 is 1.08 bits per heavy atom. The van der Waals surface area contributed by atoms with E-state index in [4.69, 9.17) is 23.7 Å². The van der Waals surface area contributed by atoms with Crippen molar-refractivity contribution in [2.24, 2.45) is 0 Å². The van der Waals surface area contributed by atoms with E-state index in [1.165, 1.54) is 18.2 Å². The van der Waals surface area contributed by atoms with Crippen molar-refractivity contribution in [1.29, 1.82) is 0 Å². The lowest BCUT2D eigenvalue weighted by Gasteiger charge is -2.43. The van der Waals surface area contributed by atoms with Crippen molar-refractivity contribution in [3.8, 4) is 5.75 Å². The summed E-state index contributed by atoms with van der Waals surface area (Å²) in [6, 6.07) is 11.1. The maximum atomic E-state index is 14.4. The molecule has 4 rings (SSSR count). The average molecular weight is 549 g/mol. The molecule has 1 aliphatic heterocycles. The third-order valence-electron chi connectivity index (χ3n) is 7.06. The lowest BCUT2D eigenvalue weighted by Crippen LogP contribution is -2.60. The van der Waals surface area contributed by atoms with Crippen LogP contribution in [0.25, 0.3) is 0 Å². The van der Waals surface area contributed by atoms with Crippen LogP contribution in [0.1, 0.15) is 37.8 Å². The van der Waals surface area contributed by atoms with Gasteiger partial charge in [0.2, 0.25) is 0 Å². The summed E-state index contributed by atoms with van der Waals surface area (Å²) in [5, 5.41) is 2.99. The lowest BCUT2D eigenvalue weighted by atomic mass is 9.78. The summed E-state index contributed by atoms with van der Waals surface area (Å²) >= 11 is 0. The minimum absolute atomic E-state index is 0.113. The molecule has 1 saturated carbocycles.